The molecule has 0 spiro atoms. The summed E-state index contributed by atoms with van der Waals surface area (Å²) < 4.78 is 4.35. The van der Waals surface area contributed by atoms with Crippen molar-refractivity contribution in [1.29, 1.82) is 21.0 Å². The molecule has 10 rings (SSSR count). The van der Waals surface area contributed by atoms with E-state index in [1.807, 2.05) is 109 Å². The minimum absolute atomic E-state index is 0.474. The number of benzene rings is 8. The standard InChI is InChI=1S/C52H28N6/c53-29-33-10-9-13-34(24-33)44-28-51(57-47-18-7-5-16-42(47)45-25-35(20-22-49(45)57)40-14-3-1-11-37(40)30-54)39(32-56)27-52(44)58-48-19-8-6-17-43(48)46-26-36(21-23-50(46)58)41-15-4-2-12-38(41)31-55/h1-28H. The molecule has 0 N–H and O–H groups in total. The fraction of sp³-hybridized carbons (Fsp3) is 0. The molecule has 0 amide bonds. The maximum atomic E-state index is 11.0. The Morgan fingerprint density at radius 1 is 0.310 bits per heavy atom. The molecule has 2 aromatic heterocycles. The van der Waals surface area contributed by atoms with Crippen LogP contribution in [0.3, 0.4) is 0 Å². The highest BCUT2D eigenvalue weighted by Gasteiger charge is 2.23. The number of hydrogen-bond acceptors (Lipinski definition) is 4. The monoisotopic (exact) mass is 736 g/mol. The van der Waals surface area contributed by atoms with E-state index in [4.69, 9.17) is 0 Å². The van der Waals surface area contributed by atoms with E-state index in [2.05, 4.69) is 88.0 Å². The highest BCUT2D eigenvalue weighted by Crippen LogP contribution is 2.42. The molecule has 0 aliphatic heterocycles. The molecular weight excluding hydrogens is 709 g/mol. The number of para-hydroxylation sites is 2. The summed E-state index contributed by atoms with van der Waals surface area (Å²) >= 11 is 0. The van der Waals surface area contributed by atoms with Crippen molar-refractivity contribution in [3.05, 3.63) is 192 Å². The van der Waals surface area contributed by atoms with Crippen LogP contribution in [0.4, 0.5) is 0 Å². The second-order valence-electron chi connectivity index (χ2n) is 14.2. The van der Waals surface area contributed by atoms with Gasteiger partial charge < -0.3 is 9.13 Å². The van der Waals surface area contributed by atoms with E-state index in [1.165, 1.54) is 0 Å². The molecule has 8 aromatic carbocycles. The Kier molecular flexibility index (Phi) is 7.92. The first-order valence-corrected chi connectivity index (χ1v) is 18.7. The highest BCUT2D eigenvalue weighted by molar-refractivity contribution is 6.12. The van der Waals surface area contributed by atoms with Crippen LogP contribution in [0.25, 0.3) is 88.4 Å². The summed E-state index contributed by atoms with van der Waals surface area (Å²) in [5.74, 6) is 0. The average Bonchev–Trinajstić information content (AvgIpc) is 3.80. The fourth-order valence-electron chi connectivity index (χ4n) is 8.49. The summed E-state index contributed by atoms with van der Waals surface area (Å²) in [6.07, 6.45) is 0. The van der Waals surface area contributed by atoms with Crippen LogP contribution in [0, 0.1) is 45.3 Å². The van der Waals surface area contributed by atoms with E-state index in [9.17, 15) is 21.0 Å². The minimum atomic E-state index is 0.474. The van der Waals surface area contributed by atoms with Gasteiger partial charge in [0.2, 0.25) is 0 Å². The molecule has 58 heavy (non-hydrogen) atoms. The first-order valence-electron chi connectivity index (χ1n) is 18.7. The third-order valence-corrected chi connectivity index (χ3v) is 11.1. The maximum absolute atomic E-state index is 11.0. The third kappa shape index (κ3) is 5.23. The molecule has 10 aromatic rings. The molecule has 0 unspecified atom stereocenters. The lowest BCUT2D eigenvalue weighted by Gasteiger charge is -2.19. The molecule has 0 radical (unpaired) electrons. The zero-order valence-electron chi connectivity index (χ0n) is 30.8. The number of nitriles is 4. The molecule has 0 atom stereocenters. The van der Waals surface area contributed by atoms with Crippen LogP contribution < -0.4 is 0 Å². The average molecular weight is 737 g/mol. The van der Waals surface area contributed by atoms with Gasteiger partial charge in [-0.2, -0.15) is 21.0 Å². The lowest BCUT2D eigenvalue weighted by Crippen LogP contribution is -2.04. The van der Waals surface area contributed by atoms with E-state index >= 15 is 0 Å². The summed E-state index contributed by atoms with van der Waals surface area (Å²) in [6.45, 7) is 0. The fourth-order valence-corrected chi connectivity index (χ4v) is 8.49. The zero-order valence-corrected chi connectivity index (χ0v) is 30.8. The number of rotatable bonds is 5. The predicted octanol–water partition coefficient (Wildman–Crippen LogP) is 12.4. The molecule has 6 heteroatoms. The molecule has 2 heterocycles. The molecule has 266 valence electrons. The maximum Gasteiger partial charge on any atom is 0.101 e. The highest BCUT2D eigenvalue weighted by atomic mass is 15.0. The van der Waals surface area contributed by atoms with Gasteiger partial charge in [0.05, 0.1) is 73.9 Å². The molecule has 0 aliphatic carbocycles. The molecule has 0 aliphatic rings. The van der Waals surface area contributed by atoms with Crippen molar-refractivity contribution in [3.8, 4) is 69.0 Å². The number of nitrogens with zero attached hydrogens (tertiary/aromatic N) is 6. The van der Waals surface area contributed by atoms with Gasteiger partial charge in [-0.25, -0.2) is 0 Å². The summed E-state index contributed by atoms with van der Waals surface area (Å²) in [7, 11) is 0. The quantitative estimate of drug-likeness (QED) is 0.175. The molecule has 0 bridgehead atoms. The summed E-state index contributed by atoms with van der Waals surface area (Å²) in [6, 6.07) is 65.3. The topological polar surface area (TPSA) is 105 Å². The first-order chi connectivity index (χ1) is 28.6. The van der Waals surface area contributed by atoms with Gasteiger partial charge in [-0.05, 0) is 101 Å². The second-order valence-corrected chi connectivity index (χ2v) is 14.2. The summed E-state index contributed by atoms with van der Waals surface area (Å²) in [4.78, 5) is 0. The predicted molar refractivity (Wildman–Crippen MR) is 230 cm³/mol. The van der Waals surface area contributed by atoms with Crippen LogP contribution in [0.1, 0.15) is 22.3 Å². The lowest BCUT2D eigenvalue weighted by atomic mass is 9.97. The molecule has 0 saturated carbocycles. The van der Waals surface area contributed by atoms with Crippen LogP contribution in [0.15, 0.2) is 170 Å². The summed E-state index contributed by atoms with van der Waals surface area (Å²) in [5.41, 5.74) is 12.7. The van der Waals surface area contributed by atoms with Crippen LogP contribution in [0.2, 0.25) is 0 Å². The lowest BCUT2D eigenvalue weighted by molar-refractivity contribution is 1.14. The van der Waals surface area contributed by atoms with Crippen molar-refractivity contribution in [2.45, 2.75) is 0 Å². The van der Waals surface area contributed by atoms with Crippen molar-refractivity contribution < 1.29 is 0 Å². The van der Waals surface area contributed by atoms with Crippen LogP contribution >= 0.6 is 0 Å². The largest absolute Gasteiger partial charge is 0.309 e. The van der Waals surface area contributed by atoms with Crippen molar-refractivity contribution in [2.24, 2.45) is 0 Å². The van der Waals surface area contributed by atoms with Gasteiger partial charge in [-0.15, -0.1) is 0 Å². The van der Waals surface area contributed by atoms with Crippen LogP contribution in [-0.4, -0.2) is 9.13 Å². The van der Waals surface area contributed by atoms with Crippen molar-refractivity contribution >= 4 is 43.6 Å². The Labute approximate surface area is 333 Å². The van der Waals surface area contributed by atoms with Gasteiger partial charge >= 0.3 is 0 Å². The Bertz CT molecular complexity index is 3520. The van der Waals surface area contributed by atoms with Gasteiger partial charge in [0.1, 0.15) is 6.07 Å². The summed E-state index contributed by atoms with van der Waals surface area (Å²) in [5, 5.41) is 44.9. The zero-order chi connectivity index (χ0) is 39.3. The van der Waals surface area contributed by atoms with Crippen LogP contribution in [0.5, 0.6) is 0 Å². The Hall–Kier alpha value is -8.68. The van der Waals surface area contributed by atoms with Gasteiger partial charge in [0.15, 0.2) is 0 Å². The van der Waals surface area contributed by atoms with E-state index in [0.717, 1.165) is 82.7 Å². The smallest absolute Gasteiger partial charge is 0.101 e. The van der Waals surface area contributed by atoms with E-state index < -0.39 is 0 Å². The van der Waals surface area contributed by atoms with E-state index in [0.29, 0.717) is 27.9 Å². The van der Waals surface area contributed by atoms with Gasteiger partial charge in [0, 0.05) is 27.1 Å². The SMILES string of the molecule is N#Cc1cccc(-c2cc(-n3c4ccccc4c4cc(-c5ccccc5C#N)ccc43)c(C#N)cc2-n2c3ccccc3c3cc(-c4ccccc4C#N)ccc32)c1. The molecule has 0 fully saturated rings. The number of fused-ring (bicyclic) bond motifs is 6. The van der Waals surface area contributed by atoms with Crippen LogP contribution in [-0.2, 0) is 0 Å². The molecular formula is C52H28N6. The molecule has 0 saturated heterocycles. The van der Waals surface area contributed by atoms with Gasteiger partial charge in [0.25, 0.3) is 0 Å². The molecule has 6 nitrogen and oxygen atoms in total. The minimum Gasteiger partial charge on any atom is -0.309 e. The Morgan fingerprint density at radius 3 is 1.34 bits per heavy atom. The van der Waals surface area contributed by atoms with Gasteiger partial charge in [-0.1, -0.05) is 97.1 Å². The Balaban J connectivity index is 1.27. The Morgan fingerprint density at radius 2 is 0.793 bits per heavy atom. The van der Waals surface area contributed by atoms with E-state index in [1.54, 1.807) is 6.07 Å². The number of hydrogen-bond donors (Lipinski definition) is 0. The van der Waals surface area contributed by atoms with Crippen molar-refractivity contribution in [2.75, 3.05) is 0 Å². The number of aromatic nitrogens is 2. The first kappa shape index (κ1) is 33.9. The van der Waals surface area contributed by atoms with Crippen molar-refractivity contribution in [3.63, 3.8) is 0 Å². The second kappa shape index (κ2) is 13.6. The third-order valence-electron chi connectivity index (χ3n) is 11.1. The van der Waals surface area contributed by atoms with Gasteiger partial charge in [-0.3, -0.25) is 0 Å². The normalized spacial score (nSPS) is 11.0. The van der Waals surface area contributed by atoms with Crippen molar-refractivity contribution in [1.82, 2.24) is 9.13 Å². The van der Waals surface area contributed by atoms with E-state index in [-0.39, 0.29) is 0 Å².